The molecule has 0 spiro atoms. The van der Waals surface area contributed by atoms with Gasteiger partial charge in [0.25, 0.3) is 0 Å². The van der Waals surface area contributed by atoms with Gasteiger partial charge >= 0.3 is 6.03 Å². The Morgan fingerprint density at radius 3 is 2.85 bits per heavy atom. The SMILES string of the molecule is CN(C)C(=O)N1CCCC(c2nc3ccc(-c4cccc(F)c4)cn3n2)C1. The number of fused-ring (bicyclic) bond motifs is 1. The molecule has 0 radical (unpaired) electrons. The van der Waals surface area contributed by atoms with Crippen molar-refractivity contribution in [3.63, 3.8) is 0 Å². The van der Waals surface area contributed by atoms with E-state index < -0.39 is 0 Å². The number of carbonyl (C=O) groups excluding carboxylic acids is 1. The Morgan fingerprint density at radius 2 is 2.07 bits per heavy atom. The second-order valence-corrected chi connectivity index (χ2v) is 7.16. The zero-order valence-corrected chi connectivity index (χ0v) is 15.5. The maximum atomic E-state index is 13.5. The lowest BCUT2D eigenvalue weighted by Crippen LogP contribution is -2.44. The Hall–Kier alpha value is -2.96. The number of likely N-dealkylation sites (tertiary alicyclic amines) is 1. The van der Waals surface area contributed by atoms with Crippen molar-refractivity contribution < 1.29 is 9.18 Å². The van der Waals surface area contributed by atoms with Gasteiger partial charge in [-0.2, -0.15) is 5.10 Å². The fourth-order valence-electron chi connectivity index (χ4n) is 3.56. The number of pyridine rings is 1. The third kappa shape index (κ3) is 3.49. The molecule has 1 fully saturated rings. The molecule has 1 unspecified atom stereocenters. The summed E-state index contributed by atoms with van der Waals surface area (Å²) in [5, 5.41) is 4.64. The lowest BCUT2D eigenvalue weighted by atomic mass is 9.98. The van der Waals surface area contributed by atoms with Gasteiger partial charge in [0.1, 0.15) is 5.82 Å². The molecule has 3 heterocycles. The molecule has 2 amide bonds. The quantitative estimate of drug-likeness (QED) is 0.698. The highest BCUT2D eigenvalue weighted by Gasteiger charge is 2.28. The van der Waals surface area contributed by atoms with E-state index in [1.807, 2.05) is 29.3 Å². The molecule has 0 saturated carbocycles. The first-order valence-electron chi connectivity index (χ1n) is 9.10. The normalized spacial score (nSPS) is 17.3. The second-order valence-electron chi connectivity index (χ2n) is 7.16. The van der Waals surface area contributed by atoms with Crippen molar-refractivity contribution in [1.82, 2.24) is 24.4 Å². The molecule has 140 valence electrons. The van der Waals surface area contributed by atoms with Crippen molar-refractivity contribution in [2.24, 2.45) is 0 Å². The number of hydrogen-bond acceptors (Lipinski definition) is 3. The van der Waals surface area contributed by atoms with E-state index in [1.54, 1.807) is 29.6 Å². The molecule has 0 bridgehead atoms. The van der Waals surface area contributed by atoms with Crippen molar-refractivity contribution in [2.75, 3.05) is 27.2 Å². The van der Waals surface area contributed by atoms with Gasteiger partial charge in [-0.25, -0.2) is 18.7 Å². The second kappa shape index (κ2) is 6.98. The van der Waals surface area contributed by atoms with Gasteiger partial charge in [0, 0.05) is 44.9 Å². The predicted octanol–water partition coefficient (Wildman–Crippen LogP) is 3.40. The van der Waals surface area contributed by atoms with Crippen molar-refractivity contribution >= 4 is 11.7 Å². The fourth-order valence-corrected chi connectivity index (χ4v) is 3.56. The van der Waals surface area contributed by atoms with Crippen LogP contribution in [0.4, 0.5) is 9.18 Å². The number of urea groups is 1. The van der Waals surface area contributed by atoms with Gasteiger partial charge in [-0.3, -0.25) is 0 Å². The maximum absolute atomic E-state index is 13.5. The van der Waals surface area contributed by atoms with Gasteiger partial charge in [0.15, 0.2) is 11.5 Å². The van der Waals surface area contributed by atoms with Crippen LogP contribution in [0.1, 0.15) is 24.6 Å². The Morgan fingerprint density at radius 1 is 1.22 bits per heavy atom. The predicted molar refractivity (Wildman–Crippen MR) is 101 cm³/mol. The molecule has 1 aliphatic rings. The van der Waals surface area contributed by atoms with Crippen LogP contribution in [-0.4, -0.2) is 57.6 Å². The van der Waals surface area contributed by atoms with Crippen molar-refractivity contribution in [1.29, 1.82) is 0 Å². The molecule has 7 heteroatoms. The molecule has 27 heavy (non-hydrogen) atoms. The lowest BCUT2D eigenvalue weighted by Gasteiger charge is -2.33. The molecule has 6 nitrogen and oxygen atoms in total. The van der Waals surface area contributed by atoms with Gasteiger partial charge in [0.05, 0.1) is 0 Å². The Kier molecular flexibility index (Phi) is 4.51. The number of hydrogen-bond donors (Lipinski definition) is 0. The van der Waals surface area contributed by atoms with Crippen LogP contribution in [0.3, 0.4) is 0 Å². The molecule has 0 aliphatic carbocycles. The Labute approximate surface area is 157 Å². The van der Waals surface area contributed by atoms with Crippen LogP contribution in [0, 0.1) is 5.82 Å². The highest BCUT2D eigenvalue weighted by atomic mass is 19.1. The number of halogens is 1. The molecular formula is C20H22FN5O. The highest BCUT2D eigenvalue weighted by molar-refractivity contribution is 5.74. The van der Waals surface area contributed by atoms with E-state index in [0.717, 1.165) is 42.0 Å². The monoisotopic (exact) mass is 367 g/mol. The van der Waals surface area contributed by atoms with E-state index in [4.69, 9.17) is 0 Å². The average Bonchev–Trinajstić information content (AvgIpc) is 3.11. The lowest BCUT2D eigenvalue weighted by molar-refractivity contribution is 0.153. The summed E-state index contributed by atoms with van der Waals surface area (Å²) in [6, 6.07) is 10.3. The topological polar surface area (TPSA) is 53.7 Å². The van der Waals surface area contributed by atoms with E-state index in [-0.39, 0.29) is 17.8 Å². The summed E-state index contributed by atoms with van der Waals surface area (Å²) in [4.78, 5) is 20.4. The van der Waals surface area contributed by atoms with Crippen LogP contribution in [0.2, 0.25) is 0 Å². The number of rotatable bonds is 2. The van der Waals surface area contributed by atoms with Gasteiger partial charge in [-0.1, -0.05) is 12.1 Å². The fraction of sp³-hybridized carbons (Fsp3) is 0.350. The van der Waals surface area contributed by atoms with E-state index in [1.165, 1.54) is 12.1 Å². The smallest absolute Gasteiger partial charge is 0.319 e. The van der Waals surface area contributed by atoms with Gasteiger partial charge in [0.2, 0.25) is 0 Å². The molecular weight excluding hydrogens is 345 g/mol. The van der Waals surface area contributed by atoms with Crippen LogP contribution in [0.5, 0.6) is 0 Å². The summed E-state index contributed by atoms with van der Waals surface area (Å²) >= 11 is 0. The molecule has 2 aromatic heterocycles. The van der Waals surface area contributed by atoms with Crippen molar-refractivity contribution in [3.8, 4) is 11.1 Å². The largest absolute Gasteiger partial charge is 0.331 e. The summed E-state index contributed by atoms with van der Waals surface area (Å²) < 4.78 is 15.2. The van der Waals surface area contributed by atoms with Crippen molar-refractivity contribution in [2.45, 2.75) is 18.8 Å². The van der Waals surface area contributed by atoms with Gasteiger partial charge in [-0.05, 0) is 42.7 Å². The van der Waals surface area contributed by atoms with Crippen molar-refractivity contribution in [3.05, 3.63) is 54.2 Å². The van der Waals surface area contributed by atoms with Crippen LogP contribution >= 0.6 is 0 Å². The first-order chi connectivity index (χ1) is 13.0. The summed E-state index contributed by atoms with van der Waals surface area (Å²) in [6.45, 7) is 1.40. The molecule has 4 rings (SSSR count). The molecule has 3 aromatic rings. The molecule has 1 saturated heterocycles. The zero-order valence-electron chi connectivity index (χ0n) is 15.5. The number of nitrogens with zero attached hydrogens (tertiary/aromatic N) is 5. The van der Waals surface area contributed by atoms with Crippen LogP contribution in [0.15, 0.2) is 42.6 Å². The first-order valence-corrected chi connectivity index (χ1v) is 9.10. The van der Waals surface area contributed by atoms with Crippen LogP contribution in [-0.2, 0) is 0 Å². The van der Waals surface area contributed by atoms with E-state index in [0.29, 0.717) is 6.54 Å². The Balaban J connectivity index is 1.61. The summed E-state index contributed by atoms with van der Waals surface area (Å²) in [7, 11) is 3.53. The third-order valence-electron chi connectivity index (χ3n) is 4.94. The van der Waals surface area contributed by atoms with E-state index in [9.17, 15) is 9.18 Å². The minimum Gasteiger partial charge on any atom is -0.331 e. The minimum atomic E-state index is -0.264. The number of carbonyl (C=O) groups is 1. The summed E-state index contributed by atoms with van der Waals surface area (Å²) in [5.41, 5.74) is 2.43. The molecule has 0 N–H and O–H groups in total. The standard InChI is InChI=1S/C20H22FN5O/c1-24(2)20(27)25-10-4-6-16(12-25)19-22-18-9-8-15(13-26(18)23-19)14-5-3-7-17(21)11-14/h3,5,7-9,11,13,16H,4,6,10,12H2,1-2H3. The molecule has 1 aliphatic heterocycles. The number of piperidine rings is 1. The summed E-state index contributed by atoms with van der Waals surface area (Å²) in [6.07, 6.45) is 3.77. The number of benzene rings is 1. The van der Waals surface area contributed by atoms with Gasteiger partial charge in [-0.15, -0.1) is 0 Å². The number of amides is 2. The minimum absolute atomic E-state index is 0.0249. The third-order valence-corrected chi connectivity index (χ3v) is 4.94. The highest BCUT2D eigenvalue weighted by Crippen LogP contribution is 2.26. The first kappa shape index (κ1) is 17.5. The zero-order chi connectivity index (χ0) is 19.0. The van der Waals surface area contributed by atoms with E-state index >= 15 is 0 Å². The summed E-state index contributed by atoms with van der Waals surface area (Å²) in [5.74, 6) is 0.613. The van der Waals surface area contributed by atoms with Crippen LogP contribution in [0.25, 0.3) is 16.8 Å². The molecule has 1 atom stereocenters. The Bertz CT molecular complexity index is 983. The maximum Gasteiger partial charge on any atom is 0.319 e. The van der Waals surface area contributed by atoms with E-state index in [2.05, 4.69) is 10.1 Å². The number of aromatic nitrogens is 3. The van der Waals surface area contributed by atoms with Crippen LogP contribution < -0.4 is 0 Å². The molecule has 1 aromatic carbocycles. The average molecular weight is 367 g/mol. The van der Waals surface area contributed by atoms with Gasteiger partial charge < -0.3 is 9.80 Å².